The predicted octanol–water partition coefficient (Wildman–Crippen LogP) is 3.15. The lowest BCUT2D eigenvalue weighted by molar-refractivity contribution is -0.387. The van der Waals surface area contributed by atoms with E-state index in [2.05, 4.69) is 15.9 Å². The molecule has 0 bridgehead atoms. The molecule has 0 saturated heterocycles. The number of hydrogen-bond donors (Lipinski definition) is 0. The molecule has 1 rings (SSSR count). The number of nitro groups is 1. The monoisotopic (exact) mass is 253 g/mol. The van der Waals surface area contributed by atoms with E-state index < -0.39 is 16.4 Å². The fourth-order valence-corrected chi connectivity index (χ4v) is 1.23. The van der Waals surface area contributed by atoms with Crippen LogP contribution in [-0.2, 0) is 0 Å². The Kier molecular flexibility index (Phi) is 2.64. The van der Waals surface area contributed by atoms with E-state index in [0.29, 0.717) is 4.47 Å². The summed E-state index contributed by atoms with van der Waals surface area (Å²) in [7, 11) is 0. The average molecular weight is 254 g/mol. The summed E-state index contributed by atoms with van der Waals surface area (Å²) in [5.74, 6) is -0.937. The molecule has 12 heavy (non-hydrogen) atoms. The van der Waals surface area contributed by atoms with Crippen LogP contribution >= 0.6 is 27.5 Å². The maximum Gasteiger partial charge on any atom is 0.324 e. The van der Waals surface area contributed by atoms with Crippen molar-refractivity contribution in [2.45, 2.75) is 0 Å². The number of benzene rings is 1. The standard InChI is InChI=1S/C6H2BrClFNO2/c7-3-1-2-4(9)6(5(3)8)10(11)12/h1-2H. The summed E-state index contributed by atoms with van der Waals surface area (Å²) in [6.45, 7) is 0. The summed E-state index contributed by atoms with van der Waals surface area (Å²) in [5.41, 5.74) is -0.703. The molecule has 0 aliphatic heterocycles. The van der Waals surface area contributed by atoms with E-state index in [1.165, 1.54) is 6.07 Å². The van der Waals surface area contributed by atoms with Crippen LogP contribution in [0.15, 0.2) is 16.6 Å². The van der Waals surface area contributed by atoms with Crippen LogP contribution in [0, 0.1) is 15.9 Å². The van der Waals surface area contributed by atoms with E-state index in [9.17, 15) is 14.5 Å². The third kappa shape index (κ3) is 1.56. The lowest BCUT2D eigenvalue weighted by Gasteiger charge is -1.97. The SMILES string of the molecule is O=[N+]([O-])c1c(F)ccc(Br)c1Cl. The van der Waals surface area contributed by atoms with Gasteiger partial charge < -0.3 is 0 Å². The van der Waals surface area contributed by atoms with E-state index in [4.69, 9.17) is 11.6 Å². The lowest BCUT2D eigenvalue weighted by Crippen LogP contribution is -1.93. The molecule has 64 valence electrons. The summed E-state index contributed by atoms with van der Waals surface area (Å²) in [4.78, 5) is 9.40. The third-order valence-corrected chi connectivity index (χ3v) is 2.47. The first-order valence-corrected chi connectivity index (χ1v) is 3.99. The first-order chi connectivity index (χ1) is 5.54. The zero-order valence-corrected chi connectivity index (χ0v) is 7.89. The Morgan fingerprint density at radius 2 is 2.17 bits per heavy atom. The quantitative estimate of drug-likeness (QED) is 0.439. The maximum atomic E-state index is 12.7. The van der Waals surface area contributed by atoms with Gasteiger partial charge in [-0.15, -0.1) is 0 Å². The van der Waals surface area contributed by atoms with Crippen LogP contribution in [0.2, 0.25) is 5.02 Å². The van der Waals surface area contributed by atoms with Crippen LogP contribution in [0.3, 0.4) is 0 Å². The Morgan fingerprint density at radius 1 is 1.58 bits per heavy atom. The molecule has 0 atom stereocenters. The predicted molar refractivity (Wildman–Crippen MR) is 45.8 cm³/mol. The molecule has 0 N–H and O–H groups in total. The van der Waals surface area contributed by atoms with Crippen LogP contribution in [0.1, 0.15) is 0 Å². The molecule has 0 spiro atoms. The smallest absolute Gasteiger partial charge is 0.258 e. The summed E-state index contributed by atoms with van der Waals surface area (Å²) in [6.07, 6.45) is 0. The van der Waals surface area contributed by atoms with Gasteiger partial charge in [0.05, 0.1) is 4.92 Å². The summed E-state index contributed by atoms with van der Waals surface area (Å²) < 4.78 is 13.0. The van der Waals surface area contributed by atoms with Crippen LogP contribution < -0.4 is 0 Å². The van der Waals surface area contributed by atoms with Gasteiger partial charge in [-0.05, 0) is 28.1 Å². The van der Waals surface area contributed by atoms with E-state index in [1.807, 2.05) is 0 Å². The molecule has 0 unspecified atom stereocenters. The van der Waals surface area contributed by atoms with Crippen molar-refractivity contribution in [2.24, 2.45) is 0 Å². The Labute approximate surface area is 80.4 Å². The molecule has 0 aromatic heterocycles. The van der Waals surface area contributed by atoms with Crippen molar-refractivity contribution in [1.82, 2.24) is 0 Å². The first-order valence-electron chi connectivity index (χ1n) is 2.82. The van der Waals surface area contributed by atoms with Gasteiger partial charge in [-0.3, -0.25) is 10.1 Å². The second kappa shape index (κ2) is 3.37. The fourth-order valence-electron chi connectivity index (χ4n) is 0.684. The van der Waals surface area contributed by atoms with Crippen LogP contribution in [0.25, 0.3) is 0 Å². The lowest BCUT2D eigenvalue weighted by atomic mass is 10.3. The highest BCUT2D eigenvalue weighted by molar-refractivity contribution is 9.10. The molecule has 0 aliphatic carbocycles. The third-order valence-electron chi connectivity index (χ3n) is 1.20. The Bertz CT molecular complexity index is 345. The normalized spacial score (nSPS) is 9.92. The molecule has 1 aromatic carbocycles. The molecular formula is C6H2BrClFNO2. The maximum absolute atomic E-state index is 12.7. The Morgan fingerprint density at radius 3 is 2.58 bits per heavy atom. The van der Waals surface area contributed by atoms with Crippen LogP contribution in [-0.4, -0.2) is 4.92 Å². The molecule has 0 fully saturated rings. The topological polar surface area (TPSA) is 43.1 Å². The van der Waals surface area contributed by atoms with Gasteiger partial charge in [0, 0.05) is 4.47 Å². The highest BCUT2D eigenvalue weighted by Crippen LogP contribution is 2.33. The molecule has 0 aliphatic rings. The van der Waals surface area contributed by atoms with E-state index >= 15 is 0 Å². The number of nitrogens with zero attached hydrogens (tertiary/aromatic N) is 1. The van der Waals surface area contributed by atoms with Crippen molar-refractivity contribution in [3.8, 4) is 0 Å². The van der Waals surface area contributed by atoms with E-state index in [0.717, 1.165) is 6.07 Å². The van der Waals surface area contributed by atoms with Gasteiger partial charge >= 0.3 is 5.69 Å². The van der Waals surface area contributed by atoms with Gasteiger partial charge in [0.15, 0.2) is 0 Å². The number of hydrogen-bond acceptors (Lipinski definition) is 2. The van der Waals surface area contributed by atoms with Gasteiger partial charge in [0.25, 0.3) is 0 Å². The highest BCUT2D eigenvalue weighted by atomic mass is 79.9. The number of halogens is 3. The van der Waals surface area contributed by atoms with Gasteiger partial charge in [0.1, 0.15) is 5.02 Å². The molecule has 3 nitrogen and oxygen atoms in total. The van der Waals surface area contributed by atoms with Gasteiger partial charge in [0.2, 0.25) is 5.82 Å². The zero-order valence-electron chi connectivity index (χ0n) is 5.55. The fraction of sp³-hybridized carbons (Fsp3) is 0. The number of rotatable bonds is 1. The molecule has 0 heterocycles. The molecular weight excluding hydrogens is 252 g/mol. The summed E-state index contributed by atoms with van der Waals surface area (Å²) >= 11 is 8.41. The Balaban J connectivity index is 3.43. The highest BCUT2D eigenvalue weighted by Gasteiger charge is 2.20. The largest absolute Gasteiger partial charge is 0.324 e. The molecule has 0 saturated carbocycles. The van der Waals surface area contributed by atoms with E-state index in [-0.39, 0.29) is 5.02 Å². The minimum absolute atomic E-state index is 0.222. The van der Waals surface area contributed by atoms with Crippen molar-refractivity contribution in [1.29, 1.82) is 0 Å². The first kappa shape index (κ1) is 9.41. The van der Waals surface area contributed by atoms with E-state index in [1.54, 1.807) is 0 Å². The number of nitro benzene ring substituents is 1. The second-order valence-electron chi connectivity index (χ2n) is 1.95. The second-order valence-corrected chi connectivity index (χ2v) is 3.18. The van der Waals surface area contributed by atoms with Gasteiger partial charge in [-0.25, -0.2) is 0 Å². The zero-order chi connectivity index (χ0) is 9.30. The summed E-state index contributed by atoms with van der Waals surface area (Å²) in [6, 6.07) is 2.29. The van der Waals surface area contributed by atoms with Crippen molar-refractivity contribution in [3.05, 3.63) is 37.6 Å². The molecule has 1 aromatic rings. The van der Waals surface area contributed by atoms with Crippen LogP contribution in [0.5, 0.6) is 0 Å². The molecule has 0 radical (unpaired) electrons. The van der Waals surface area contributed by atoms with Crippen molar-refractivity contribution >= 4 is 33.2 Å². The average Bonchev–Trinajstić information content (AvgIpc) is 1.97. The van der Waals surface area contributed by atoms with Crippen LogP contribution in [0.4, 0.5) is 10.1 Å². The van der Waals surface area contributed by atoms with Crippen molar-refractivity contribution in [2.75, 3.05) is 0 Å². The van der Waals surface area contributed by atoms with Gasteiger partial charge in [-0.1, -0.05) is 11.6 Å². The van der Waals surface area contributed by atoms with Crippen molar-refractivity contribution in [3.63, 3.8) is 0 Å². The van der Waals surface area contributed by atoms with Gasteiger partial charge in [-0.2, -0.15) is 4.39 Å². The Hall–Kier alpha value is -0.680. The molecule has 6 heteroatoms. The minimum atomic E-state index is -0.937. The minimum Gasteiger partial charge on any atom is -0.258 e. The van der Waals surface area contributed by atoms with Crippen molar-refractivity contribution < 1.29 is 9.31 Å². The molecule has 0 amide bonds. The summed E-state index contributed by atoms with van der Waals surface area (Å²) in [5, 5.41) is 10.0.